The third kappa shape index (κ3) is 6.00. The topological polar surface area (TPSA) is 76.1 Å². The molecule has 39 heavy (non-hydrogen) atoms. The molecule has 0 bridgehead atoms. The van der Waals surface area contributed by atoms with Gasteiger partial charge in [0, 0.05) is 11.1 Å². The predicted molar refractivity (Wildman–Crippen MR) is 153 cm³/mol. The Hall–Kier alpha value is -4.06. The summed E-state index contributed by atoms with van der Waals surface area (Å²) in [5.74, 6) is 0.0826. The van der Waals surface area contributed by atoms with Gasteiger partial charge < -0.3 is 19.5 Å². The third-order valence-electron chi connectivity index (χ3n) is 6.88. The Bertz CT molecular complexity index is 1360. The van der Waals surface area contributed by atoms with Crippen LogP contribution < -0.4 is 9.47 Å². The lowest BCUT2D eigenvalue weighted by atomic mass is 9.85. The monoisotopic (exact) mass is 527 g/mol. The Kier molecular flexibility index (Phi) is 8.14. The molecular formula is C33H37NO5. The highest BCUT2D eigenvalue weighted by atomic mass is 16.5. The number of likely N-dealkylation sites (tertiary alicyclic amines) is 1. The summed E-state index contributed by atoms with van der Waals surface area (Å²) in [6.07, 6.45) is 0. The van der Waals surface area contributed by atoms with Crippen molar-refractivity contribution in [2.45, 2.75) is 52.6 Å². The Morgan fingerprint density at radius 2 is 1.59 bits per heavy atom. The molecular weight excluding hydrogens is 490 g/mol. The van der Waals surface area contributed by atoms with Crippen molar-refractivity contribution in [1.29, 1.82) is 0 Å². The summed E-state index contributed by atoms with van der Waals surface area (Å²) in [4.78, 5) is 28.4. The first-order valence-corrected chi connectivity index (χ1v) is 13.2. The van der Waals surface area contributed by atoms with E-state index in [9.17, 15) is 14.7 Å². The summed E-state index contributed by atoms with van der Waals surface area (Å²) in [5.41, 5.74) is 3.09. The molecule has 1 unspecified atom stereocenters. The fourth-order valence-corrected chi connectivity index (χ4v) is 4.70. The zero-order valence-electron chi connectivity index (χ0n) is 23.5. The van der Waals surface area contributed by atoms with E-state index < -0.39 is 17.7 Å². The van der Waals surface area contributed by atoms with Gasteiger partial charge in [0.05, 0.1) is 31.9 Å². The van der Waals surface area contributed by atoms with Crippen LogP contribution in [0.4, 0.5) is 0 Å². The van der Waals surface area contributed by atoms with Gasteiger partial charge in [-0.3, -0.25) is 9.59 Å². The molecule has 6 heteroatoms. The molecule has 1 N–H and O–H groups in total. The molecule has 6 nitrogen and oxygen atoms in total. The minimum Gasteiger partial charge on any atom is -0.507 e. The molecule has 0 radical (unpaired) electrons. The number of hydrogen-bond donors (Lipinski definition) is 1. The van der Waals surface area contributed by atoms with Crippen LogP contribution in [-0.2, 0) is 21.5 Å². The highest BCUT2D eigenvalue weighted by molar-refractivity contribution is 6.46. The van der Waals surface area contributed by atoms with Crippen molar-refractivity contribution >= 4 is 17.4 Å². The van der Waals surface area contributed by atoms with E-state index in [4.69, 9.17) is 9.47 Å². The van der Waals surface area contributed by atoms with Crippen LogP contribution in [-0.4, -0.2) is 35.4 Å². The first-order valence-electron chi connectivity index (χ1n) is 13.2. The Morgan fingerprint density at radius 3 is 2.18 bits per heavy atom. The number of aliphatic hydroxyl groups is 1. The van der Waals surface area contributed by atoms with Crippen molar-refractivity contribution < 1.29 is 24.2 Å². The molecule has 3 aromatic rings. The number of nitrogens with zero attached hydrogens (tertiary/aromatic N) is 1. The smallest absolute Gasteiger partial charge is 0.295 e. The second kappa shape index (κ2) is 11.4. The second-order valence-electron chi connectivity index (χ2n) is 11.3. The average molecular weight is 528 g/mol. The first kappa shape index (κ1) is 28.0. The molecule has 0 spiro atoms. The second-order valence-corrected chi connectivity index (χ2v) is 11.3. The van der Waals surface area contributed by atoms with Gasteiger partial charge >= 0.3 is 0 Å². The highest BCUT2D eigenvalue weighted by Crippen LogP contribution is 2.41. The number of rotatable bonds is 8. The van der Waals surface area contributed by atoms with Gasteiger partial charge in [0.25, 0.3) is 11.7 Å². The normalized spacial score (nSPS) is 17.1. The number of hydrogen-bond acceptors (Lipinski definition) is 5. The molecule has 1 saturated heterocycles. The molecule has 4 rings (SSSR count). The number of aliphatic hydroxyl groups excluding tert-OH is 1. The van der Waals surface area contributed by atoms with Gasteiger partial charge in [-0.15, -0.1) is 0 Å². The van der Waals surface area contributed by atoms with Crippen LogP contribution in [0.2, 0.25) is 0 Å². The zero-order valence-corrected chi connectivity index (χ0v) is 23.5. The molecule has 1 atom stereocenters. The van der Waals surface area contributed by atoms with Gasteiger partial charge in [-0.05, 0) is 52.8 Å². The predicted octanol–water partition coefficient (Wildman–Crippen LogP) is 6.65. The zero-order chi connectivity index (χ0) is 28.3. The number of carbonyl (C=O) groups is 2. The number of para-hydroxylation sites is 1. The van der Waals surface area contributed by atoms with E-state index in [1.165, 1.54) is 4.90 Å². The molecule has 1 amide bonds. The molecule has 0 aliphatic carbocycles. The Morgan fingerprint density at radius 1 is 0.949 bits per heavy atom. The summed E-state index contributed by atoms with van der Waals surface area (Å²) in [6.45, 7) is 11.2. The fourth-order valence-electron chi connectivity index (χ4n) is 4.70. The highest BCUT2D eigenvalue weighted by Gasteiger charge is 2.46. The SMILES string of the molecule is COc1ccccc1CN1C(=O)C(=O)/C(=C(\O)c2ccc(OCC(C)C)cc2)C1c1ccc(C(C)(C)C)cc1. The maximum absolute atomic E-state index is 13.5. The van der Waals surface area contributed by atoms with Crippen LogP contribution in [0, 0.1) is 5.92 Å². The summed E-state index contributed by atoms with van der Waals surface area (Å²) in [6, 6.07) is 21.5. The molecule has 0 saturated carbocycles. The van der Waals surface area contributed by atoms with E-state index in [1.807, 2.05) is 48.5 Å². The number of Topliss-reactive ketones (excluding diaryl/α,β-unsaturated/α-hetero) is 1. The molecule has 0 aromatic heterocycles. The number of methoxy groups -OCH3 is 1. The lowest BCUT2D eigenvalue weighted by Gasteiger charge is -2.27. The lowest BCUT2D eigenvalue weighted by molar-refractivity contribution is -0.140. The van der Waals surface area contributed by atoms with Crippen molar-refractivity contribution in [2.24, 2.45) is 5.92 Å². The Balaban J connectivity index is 1.80. The number of carbonyl (C=O) groups excluding carboxylic acids is 2. The van der Waals surface area contributed by atoms with Crippen LogP contribution >= 0.6 is 0 Å². The van der Waals surface area contributed by atoms with Crippen molar-refractivity contribution in [1.82, 2.24) is 4.90 Å². The quantitative estimate of drug-likeness (QED) is 0.202. The molecule has 204 valence electrons. The van der Waals surface area contributed by atoms with E-state index in [0.29, 0.717) is 29.6 Å². The number of benzene rings is 3. The van der Waals surface area contributed by atoms with Crippen molar-refractivity contribution in [2.75, 3.05) is 13.7 Å². The van der Waals surface area contributed by atoms with Gasteiger partial charge in [0.1, 0.15) is 17.3 Å². The van der Waals surface area contributed by atoms with Gasteiger partial charge in [-0.25, -0.2) is 0 Å². The van der Waals surface area contributed by atoms with E-state index >= 15 is 0 Å². The van der Waals surface area contributed by atoms with Crippen LogP contribution in [0.1, 0.15) is 62.9 Å². The van der Waals surface area contributed by atoms with E-state index in [0.717, 1.165) is 16.7 Å². The molecule has 1 heterocycles. The van der Waals surface area contributed by atoms with Gasteiger partial charge in [0.2, 0.25) is 0 Å². The van der Waals surface area contributed by atoms with Crippen LogP contribution in [0.3, 0.4) is 0 Å². The first-order chi connectivity index (χ1) is 18.5. The minimum absolute atomic E-state index is 0.0584. The standard InChI is InChI=1S/C33H37NO5/c1-21(2)20-39-26-17-13-23(14-18-26)30(35)28-29(22-11-15-25(16-12-22)33(3,4)5)34(32(37)31(28)36)19-24-9-7-8-10-27(24)38-6/h7-18,21,29,35H,19-20H2,1-6H3/b30-28-. The van der Waals surface area contributed by atoms with Crippen LogP contribution in [0.5, 0.6) is 11.5 Å². The van der Waals surface area contributed by atoms with Crippen molar-refractivity contribution in [3.8, 4) is 11.5 Å². The summed E-state index contributed by atoms with van der Waals surface area (Å²) < 4.78 is 11.3. The number of ether oxygens (including phenoxy) is 2. The Labute approximate surface area is 230 Å². The molecule has 3 aromatic carbocycles. The average Bonchev–Trinajstić information content (AvgIpc) is 3.16. The van der Waals surface area contributed by atoms with Gasteiger partial charge in [-0.1, -0.05) is 77.1 Å². The van der Waals surface area contributed by atoms with Crippen molar-refractivity contribution in [3.63, 3.8) is 0 Å². The largest absolute Gasteiger partial charge is 0.507 e. The maximum atomic E-state index is 13.5. The van der Waals surface area contributed by atoms with E-state index in [1.54, 1.807) is 31.4 Å². The van der Waals surface area contributed by atoms with Crippen LogP contribution in [0.25, 0.3) is 5.76 Å². The number of ketones is 1. The molecule has 1 aliphatic heterocycles. The maximum Gasteiger partial charge on any atom is 0.295 e. The fraction of sp³-hybridized carbons (Fsp3) is 0.333. The summed E-state index contributed by atoms with van der Waals surface area (Å²) in [7, 11) is 1.57. The minimum atomic E-state index is -0.763. The van der Waals surface area contributed by atoms with Gasteiger partial charge in [-0.2, -0.15) is 0 Å². The van der Waals surface area contributed by atoms with E-state index in [-0.39, 0.29) is 23.3 Å². The number of amides is 1. The van der Waals surface area contributed by atoms with Crippen LogP contribution in [0.15, 0.2) is 78.4 Å². The third-order valence-corrected chi connectivity index (χ3v) is 6.88. The molecule has 1 fully saturated rings. The van der Waals surface area contributed by atoms with Crippen molar-refractivity contribution in [3.05, 3.63) is 101 Å². The van der Waals surface area contributed by atoms with E-state index in [2.05, 4.69) is 34.6 Å². The van der Waals surface area contributed by atoms with Gasteiger partial charge in [0.15, 0.2) is 0 Å². The summed E-state index contributed by atoms with van der Waals surface area (Å²) in [5, 5.41) is 11.4. The molecule has 1 aliphatic rings. The lowest BCUT2D eigenvalue weighted by Crippen LogP contribution is -2.29. The summed E-state index contributed by atoms with van der Waals surface area (Å²) >= 11 is 0.